The van der Waals surface area contributed by atoms with E-state index in [1.165, 1.54) is 0 Å². The zero-order valence-electron chi connectivity index (χ0n) is 27.6. The van der Waals surface area contributed by atoms with Crippen molar-refractivity contribution >= 4 is 71.2 Å². The molecule has 32 nitrogen and oxygen atoms in total. The number of carboxylic acid groups (broad SMARTS) is 8. The number of carbonyl (C=O) groups is 8. The first-order chi connectivity index (χ1) is 24.1. The monoisotopic (exact) mass is 878 g/mol. The van der Waals surface area contributed by atoms with Crippen LogP contribution in [0.1, 0.15) is 25.7 Å². The maximum Gasteiger partial charge on any atom is 0.466 e. The summed E-state index contributed by atoms with van der Waals surface area (Å²) in [5, 5.41) is 69.5. The van der Waals surface area contributed by atoms with Crippen LogP contribution in [0.3, 0.4) is 0 Å². The fraction of sp³-hybridized carbons (Fsp3) is 0.600. The van der Waals surface area contributed by atoms with E-state index in [2.05, 4.69) is 0 Å². The molecule has 0 fully saturated rings. The highest BCUT2D eigenvalue weighted by molar-refractivity contribution is 7.45. The predicted octanol–water partition coefficient (Wildman–Crippen LogP) is -6.58. The van der Waals surface area contributed by atoms with Crippen LogP contribution < -0.4 is 11.5 Å². The molecule has 0 aromatic carbocycles. The Kier molecular flexibility index (Phi) is 30.1. The summed E-state index contributed by atoms with van der Waals surface area (Å²) in [7, 11) is -13.9. The molecule has 0 aromatic heterocycles. The van der Waals surface area contributed by atoms with Crippen molar-refractivity contribution < 1.29 is 137 Å². The maximum absolute atomic E-state index is 10.8. The second kappa shape index (κ2) is 27.5. The average Bonchev–Trinajstić information content (AvgIpc) is 2.81. The molecular weight excluding hydrogens is 837 g/mol. The molecule has 0 unspecified atom stereocenters. The normalized spacial score (nSPS) is 11.4. The number of aliphatic carboxylic acids is 8. The highest BCUT2D eigenvalue weighted by atomic mass is 31.2. The number of hydrogen-bond acceptors (Lipinski definition) is 15. The van der Waals surface area contributed by atoms with E-state index in [-0.39, 0.29) is 13.1 Å². The minimum absolute atomic E-state index is 0.0703. The summed E-state index contributed by atoms with van der Waals surface area (Å²) in [5.41, 5.74) is 6.88. The van der Waals surface area contributed by atoms with Gasteiger partial charge in [0.25, 0.3) is 0 Å². The predicted molar refractivity (Wildman–Crippen MR) is 169 cm³/mol. The molecule has 0 radical (unpaired) electrons. The first-order valence-corrected chi connectivity index (χ1v) is 17.9. The van der Waals surface area contributed by atoms with Crippen LogP contribution in [0, 0.1) is 0 Å². The van der Waals surface area contributed by atoms with E-state index in [9.17, 15) is 38.4 Å². The lowest BCUT2D eigenvalue weighted by molar-refractivity contribution is -0.150. The summed E-state index contributed by atoms with van der Waals surface area (Å²) < 4.78 is 26.6. The van der Waals surface area contributed by atoms with Crippen molar-refractivity contribution in [3.63, 3.8) is 0 Å². The zero-order chi connectivity index (χ0) is 45.3. The van der Waals surface area contributed by atoms with Gasteiger partial charge in [0.2, 0.25) is 0 Å². The molecule has 21 N–H and O–H groups in total. The molecule has 55 heavy (non-hydrogen) atoms. The summed E-state index contributed by atoms with van der Waals surface area (Å²) in [6.45, 7) is -2.25. The van der Waals surface area contributed by atoms with Crippen LogP contribution in [0.4, 0.5) is 0 Å². The molecule has 0 aliphatic carbocycles. The number of nitrogens with zero attached hydrogens (tertiary/aromatic N) is 2. The van der Waals surface area contributed by atoms with Gasteiger partial charge in [-0.15, -0.1) is 0 Å². The quantitative estimate of drug-likeness (QED) is 0.0506. The van der Waals surface area contributed by atoms with Gasteiger partial charge in [-0.25, -0.2) is 13.7 Å². The molecule has 0 saturated carbocycles. The molecule has 0 aliphatic rings. The summed E-state index contributed by atoms with van der Waals surface area (Å²) in [6, 6.07) is 0. The second-order valence-electron chi connectivity index (χ2n) is 10.1. The van der Waals surface area contributed by atoms with Gasteiger partial charge in [-0.2, -0.15) is 0 Å². The molecule has 0 amide bonds. The molecule has 0 aliphatic heterocycles. The lowest BCUT2D eigenvalue weighted by atomic mass is 9.69. The first kappa shape index (κ1) is 60.2. The fourth-order valence-corrected chi connectivity index (χ4v) is 3.38. The Labute approximate surface area is 305 Å². The Morgan fingerprint density at radius 3 is 0.582 bits per heavy atom. The van der Waals surface area contributed by atoms with E-state index < -0.39 is 134 Å². The zero-order valence-corrected chi connectivity index (χ0v) is 30.2. The number of rotatable bonds is 20. The summed E-state index contributed by atoms with van der Waals surface area (Å²) in [4.78, 5) is 152. The number of hydrogen-bond donors (Lipinski definition) is 19. The molecule has 35 heteroatoms. The van der Waals surface area contributed by atoms with Crippen molar-refractivity contribution in [3.8, 4) is 0 Å². The molecule has 0 aromatic rings. The van der Waals surface area contributed by atoms with Crippen molar-refractivity contribution in [3.05, 3.63) is 0 Å². The van der Waals surface area contributed by atoms with E-state index in [4.69, 9.17) is 110 Å². The Bertz CT molecular complexity index is 1230. The molecule has 324 valence electrons. The van der Waals surface area contributed by atoms with Gasteiger partial charge in [0.15, 0.2) is 0 Å². The maximum atomic E-state index is 10.8. The fourth-order valence-electron chi connectivity index (χ4n) is 3.38. The molecule has 0 spiro atoms. The first-order valence-electron chi connectivity index (χ1n) is 13.2. The van der Waals surface area contributed by atoms with Gasteiger partial charge in [-0.05, 0) is 0 Å². The Morgan fingerprint density at radius 2 is 0.491 bits per heavy atom. The van der Waals surface area contributed by atoms with E-state index in [0.29, 0.717) is 0 Å². The molecule has 0 saturated heterocycles. The van der Waals surface area contributed by atoms with Gasteiger partial charge in [0.1, 0.15) is 0 Å². The van der Waals surface area contributed by atoms with Crippen molar-refractivity contribution in [2.24, 2.45) is 11.5 Å². The number of carboxylic acids is 8. The molecule has 0 heterocycles. The van der Waals surface area contributed by atoms with Crippen LogP contribution in [0.5, 0.6) is 0 Å². The van der Waals surface area contributed by atoms with Gasteiger partial charge in [-0.3, -0.25) is 48.2 Å². The summed E-state index contributed by atoms with van der Waals surface area (Å²) >= 11 is 0. The molecule has 0 rings (SSSR count). The smallest absolute Gasteiger partial charge is 0.466 e. The van der Waals surface area contributed by atoms with Crippen LogP contribution in [0.15, 0.2) is 0 Å². The number of nitrogens with two attached hydrogens (primary N) is 2. The van der Waals surface area contributed by atoms with Gasteiger partial charge in [0.05, 0.1) is 62.9 Å². The van der Waals surface area contributed by atoms with Crippen molar-refractivity contribution in [1.29, 1.82) is 0 Å². The average molecular weight is 878 g/mol. The molecular formula is C20H41N4O28P3. The van der Waals surface area contributed by atoms with E-state index in [0.717, 1.165) is 9.80 Å². The van der Waals surface area contributed by atoms with Crippen molar-refractivity contribution in [2.75, 3.05) is 39.3 Å². The van der Waals surface area contributed by atoms with Crippen LogP contribution in [-0.4, -0.2) is 193 Å². The van der Waals surface area contributed by atoms with Crippen molar-refractivity contribution in [1.82, 2.24) is 9.80 Å². The van der Waals surface area contributed by atoms with E-state index >= 15 is 0 Å². The summed E-state index contributed by atoms with van der Waals surface area (Å²) in [6.07, 6.45) is -3.90. The van der Waals surface area contributed by atoms with Gasteiger partial charge in [-0.1, -0.05) is 0 Å². The molecule has 0 bridgehead atoms. The molecule has 0 atom stereocenters. The van der Waals surface area contributed by atoms with Crippen LogP contribution in [0.2, 0.25) is 0 Å². The Hall–Kier alpha value is -4.07. The topological polar surface area (TPSA) is 590 Å². The minimum atomic E-state index is -4.64. The van der Waals surface area contributed by atoms with Gasteiger partial charge >= 0.3 is 71.2 Å². The standard InChI is InChI=1S/2C10H16N2O8.3H3O4P/c11-9(1-5(13)14,2-6(15)16)10(12,3-7(17)18)4-8(19)20;13-7(14)3-11(4-8(15)16)1-2-12(5-9(17)18)6-10(19)20;3*1-5(2,3)4/h1-4,11-12H2,(H,13,14)(H,15,16)(H,17,18)(H,19,20);1-6H2,(H,13,14)(H,15,16)(H,17,18)(H,19,20);3*(H3,1,2,3,4). The number of phosphoric acid groups is 3. The third-order valence-corrected chi connectivity index (χ3v) is 5.03. The summed E-state index contributed by atoms with van der Waals surface area (Å²) in [5.74, 6) is -11.0. The van der Waals surface area contributed by atoms with Gasteiger partial charge in [0, 0.05) is 13.1 Å². The lowest BCUT2D eigenvalue weighted by Crippen LogP contribution is -2.68. The van der Waals surface area contributed by atoms with E-state index in [1.54, 1.807) is 0 Å². The Morgan fingerprint density at radius 1 is 0.364 bits per heavy atom. The largest absolute Gasteiger partial charge is 0.481 e. The minimum Gasteiger partial charge on any atom is -0.481 e. The third-order valence-electron chi connectivity index (χ3n) is 5.03. The third kappa shape index (κ3) is 54.4. The van der Waals surface area contributed by atoms with Crippen LogP contribution in [0.25, 0.3) is 0 Å². The highest BCUT2D eigenvalue weighted by Gasteiger charge is 2.51. The second-order valence-corrected chi connectivity index (χ2v) is 13.2. The highest BCUT2D eigenvalue weighted by Crippen LogP contribution is 2.32. The van der Waals surface area contributed by atoms with Crippen molar-refractivity contribution in [2.45, 2.75) is 36.8 Å². The lowest BCUT2D eigenvalue weighted by Gasteiger charge is -2.42. The van der Waals surface area contributed by atoms with E-state index in [1.807, 2.05) is 0 Å². The van der Waals surface area contributed by atoms with Crippen LogP contribution >= 0.6 is 23.5 Å². The SMILES string of the molecule is NC(CC(=O)O)(CC(=O)O)C(N)(CC(=O)O)CC(=O)O.O=C(O)CN(CCN(CC(=O)O)CC(=O)O)CC(=O)O.O=P(O)(O)O.O=P(O)(O)O.O=P(O)(O)O. The Balaban J connectivity index is -0.000000221. The van der Waals surface area contributed by atoms with Crippen LogP contribution in [-0.2, 0) is 52.1 Å². The van der Waals surface area contributed by atoms with Gasteiger partial charge < -0.3 is 96.4 Å².